The van der Waals surface area contributed by atoms with Crippen molar-refractivity contribution in [3.8, 4) is 0 Å². The van der Waals surface area contributed by atoms with Crippen LogP contribution in [0, 0.1) is 5.82 Å². The maximum atomic E-state index is 13.5. The lowest BCUT2D eigenvalue weighted by molar-refractivity contribution is -0.117. The van der Waals surface area contributed by atoms with Crippen molar-refractivity contribution in [2.45, 2.75) is 26.3 Å². The zero-order valence-electron chi connectivity index (χ0n) is 12.0. The van der Waals surface area contributed by atoms with E-state index >= 15 is 0 Å². The Morgan fingerprint density at radius 2 is 2.00 bits per heavy atom. The van der Waals surface area contributed by atoms with E-state index in [1.54, 1.807) is 6.07 Å². The maximum Gasteiger partial charge on any atom is 0.262 e. The maximum absolute atomic E-state index is 13.5. The Morgan fingerprint density at radius 1 is 1.33 bits per heavy atom. The van der Waals surface area contributed by atoms with E-state index in [4.69, 9.17) is 23.8 Å². The second-order valence-corrected chi connectivity index (χ2v) is 6.16. The summed E-state index contributed by atoms with van der Waals surface area (Å²) in [7, 11) is 0. The van der Waals surface area contributed by atoms with Crippen molar-refractivity contribution >= 4 is 40.9 Å². The van der Waals surface area contributed by atoms with Crippen molar-refractivity contribution in [3.63, 3.8) is 0 Å². The molecule has 1 rings (SSSR count). The summed E-state index contributed by atoms with van der Waals surface area (Å²) >= 11 is 10.6. The van der Waals surface area contributed by atoms with E-state index in [9.17, 15) is 9.18 Å². The van der Waals surface area contributed by atoms with Crippen LogP contribution in [0.2, 0.25) is 5.02 Å². The van der Waals surface area contributed by atoms with Crippen LogP contribution in [0.3, 0.4) is 0 Å². The Balaban J connectivity index is 2.50. The third kappa shape index (κ3) is 7.06. The summed E-state index contributed by atoms with van der Waals surface area (Å²) in [5.41, 5.74) is 4.99. The highest BCUT2D eigenvalue weighted by Gasteiger charge is 2.10. The summed E-state index contributed by atoms with van der Waals surface area (Å²) in [5, 5.41) is 3.56. The predicted molar refractivity (Wildman–Crippen MR) is 87.2 cm³/mol. The number of hydrogen-bond acceptors (Lipinski definition) is 2. The van der Waals surface area contributed by atoms with Gasteiger partial charge in [-0.1, -0.05) is 17.7 Å². The summed E-state index contributed by atoms with van der Waals surface area (Å²) in [5.74, 6) is -0.952. The number of thiocarbonyl (C=S) groups is 1. The fraction of sp³-hybridized carbons (Fsp3) is 0.286. The molecule has 0 saturated heterocycles. The molecule has 0 aliphatic carbocycles. The fourth-order valence-corrected chi connectivity index (χ4v) is 1.85. The van der Waals surface area contributed by atoms with Crippen molar-refractivity contribution in [1.82, 2.24) is 16.2 Å². The van der Waals surface area contributed by atoms with E-state index in [-0.39, 0.29) is 11.1 Å². The first-order valence-corrected chi connectivity index (χ1v) is 6.97. The van der Waals surface area contributed by atoms with Crippen LogP contribution in [-0.2, 0) is 4.79 Å². The summed E-state index contributed by atoms with van der Waals surface area (Å²) in [6.07, 6.45) is 2.54. The van der Waals surface area contributed by atoms with Crippen LogP contribution in [0.15, 0.2) is 24.3 Å². The average Bonchev–Trinajstić information content (AvgIpc) is 2.33. The zero-order chi connectivity index (χ0) is 16.0. The van der Waals surface area contributed by atoms with Gasteiger partial charge in [0, 0.05) is 22.2 Å². The SMILES string of the molecule is CC(C)(C)NC(=S)NNC(=O)C=Cc1ccc(Cl)cc1F. The molecular weight excluding hydrogens is 313 g/mol. The van der Waals surface area contributed by atoms with Crippen LogP contribution in [0.5, 0.6) is 0 Å². The molecule has 0 bridgehead atoms. The second-order valence-electron chi connectivity index (χ2n) is 5.32. The Hall–Kier alpha value is -1.66. The molecule has 0 saturated carbocycles. The lowest BCUT2D eigenvalue weighted by Gasteiger charge is -2.22. The number of hydrogen-bond donors (Lipinski definition) is 3. The highest BCUT2D eigenvalue weighted by Crippen LogP contribution is 2.15. The minimum Gasteiger partial charge on any atom is -0.357 e. The minimum absolute atomic E-state index is 0.211. The Morgan fingerprint density at radius 3 is 2.57 bits per heavy atom. The van der Waals surface area contributed by atoms with Gasteiger partial charge < -0.3 is 5.32 Å². The van der Waals surface area contributed by atoms with Gasteiger partial charge in [-0.2, -0.15) is 0 Å². The van der Waals surface area contributed by atoms with Gasteiger partial charge in [-0.25, -0.2) is 4.39 Å². The fourth-order valence-electron chi connectivity index (χ4n) is 1.33. The molecule has 0 fully saturated rings. The summed E-state index contributed by atoms with van der Waals surface area (Å²) in [6, 6.07) is 4.21. The topological polar surface area (TPSA) is 53.2 Å². The van der Waals surface area contributed by atoms with Crippen LogP contribution >= 0.6 is 23.8 Å². The first kappa shape index (κ1) is 17.4. The first-order valence-electron chi connectivity index (χ1n) is 6.18. The number of halogens is 2. The van der Waals surface area contributed by atoms with E-state index in [1.807, 2.05) is 20.8 Å². The molecule has 1 aromatic carbocycles. The number of nitrogens with one attached hydrogen (secondary N) is 3. The molecule has 0 aliphatic rings. The minimum atomic E-state index is -0.496. The third-order valence-electron chi connectivity index (χ3n) is 2.16. The van der Waals surface area contributed by atoms with Crippen molar-refractivity contribution in [2.24, 2.45) is 0 Å². The quantitative estimate of drug-likeness (QED) is 0.444. The molecule has 0 atom stereocenters. The molecule has 4 nitrogen and oxygen atoms in total. The van der Waals surface area contributed by atoms with Crippen LogP contribution in [0.4, 0.5) is 4.39 Å². The summed E-state index contributed by atoms with van der Waals surface area (Å²) in [6.45, 7) is 5.81. The summed E-state index contributed by atoms with van der Waals surface area (Å²) < 4.78 is 13.5. The highest BCUT2D eigenvalue weighted by molar-refractivity contribution is 7.80. The van der Waals surface area contributed by atoms with Gasteiger partial charge in [-0.05, 0) is 51.2 Å². The van der Waals surface area contributed by atoms with Gasteiger partial charge in [0.1, 0.15) is 5.82 Å². The van der Waals surface area contributed by atoms with E-state index in [1.165, 1.54) is 24.3 Å². The molecule has 0 aromatic heterocycles. The monoisotopic (exact) mass is 329 g/mol. The van der Waals surface area contributed by atoms with Gasteiger partial charge in [0.25, 0.3) is 5.91 Å². The molecule has 0 unspecified atom stereocenters. The molecule has 1 aromatic rings. The number of amides is 1. The Bertz CT molecular complexity index is 570. The molecule has 3 N–H and O–H groups in total. The van der Waals surface area contributed by atoms with Gasteiger partial charge >= 0.3 is 0 Å². The average molecular weight is 330 g/mol. The van der Waals surface area contributed by atoms with Crippen LogP contribution in [0.1, 0.15) is 26.3 Å². The Labute approximate surface area is 133 Å². The van der Waals surface area contributed by atoms with Crippen molar-refractivity contribution in [3.05, 3.63) is 40.7 Å². The largest absolute Gasteiger partial charge is 0.357 e. The van der Waals surface area contributed by atoms with E-state index in [0.717, 1.165) is 0 Å². The van der Waals surface area contributed by atoms with E-state index in [2.05, 4.69) is 16.2 Å². The molecule has 1 amide bonds. The van der Waals surface area contributed by atoms with Crippen molar-refractivity contribution in [2.75, 3.05) is 0 Å². The summed E-state index contributed by atoms with van der Waals surface area (Å²) in [4.78, 5) is 11.6. The van der Waals surface area contributed by atoms with Gasteiger partial charge in [-0.15, -0.1) is 0 Å². The normalized spacial score (nSPS) is 11.3. The number of rotatable bonds is 2. The molecule has 0 aliphatic heterocycles. The number of carbonyl (C=O) groups is 1. The van der Waals surface area contributed by atoms with Crippen molar-refractivity contribution in [1.29, 1.82) is 0 Å². The number of carbonyl (C=O) groups excluding carboxylic acids is 1. The lowest BCUT2D eigenvalue weighted by Crippen LogP contribution is -2.51. The predicted octanol–water partition coefficient (Wildman–Crippen LogP) is 2.79. The van der Waals surface area contributed by atoms with Crippen LogP contribution in [0.25, 0.3) is 6.08 Å². The third-order valence-corrected chi connectivity index (χ3v) is 2.60. The Kier molecular flexibility index (Phi) is 6.11. The molecular formula is C14H17ClFN3OS. The van der Waals surface area contributed by atoms with E-state index < -0.39 is 11.7 Å². The van der Waals surface area contributed by atoms with Gasteiger partial charge in [-0.3, -0.25) is 15.6 Å². The smallest absolute Gasteiger partial charge is 0.262 e. The number of hydrazine groups is 1. The molecule has 7 heteroatoms. The molecule has 0 heterocycles. The van der Waals surface area contributed by atoms with Crippen molar-refractivity contribution < 1.29 is 9.18 Å². The molecule has 0 radical (unpaired) electrons. The van der Waals surface area contributed by atoms with Gasteiger partial charge in [0.2, 0.25) is 0 Å². The first-order chi connectivity index (χ1) is 9.67. The molecule has 21 heavy (non-hydrogen) atoms. The number of benzene rings is 1. The van der Waals surface area contributed by atoms with E-state index in [0.29, 0.717) is 10.1 Å². The van der Waals surface area contributed by atoms with Gasteiger partial charge in [0.05, 0.1) is 0 Å². The standard InChI is InChI=1S/C14H17ClFN3OS/c1-14(2,3)17-13(21)19-18-12(20)7-5-9-4-6-10(15)8-11(9)16/h4-8H,1-3H3,(H,18,20)(H2,17,19,21). The zero-order valence-corrected chi connectivity index (χ0v) is 13.5. The second kappa shape index (κ2) is 7.38. The van der Waals surface area contributed by atoms with Gasteiger partial charge in [0.15, 0.2) is 5.11 Å². The lowest BCUT2D eigenvalue weighted by atomic mass is 10.1. The molecule has 114 valence electrons. The highest BCUT2D eigenvalue weighted by atomic mass is 35.5. The molecule has 0 spiro atoms. The van der Waals surface area contributed by atoms with Crippen LogP contribution in [-0.4, -0.2) is 16.6 Å². The van der Waals surface area contributed by atoms with Crippen LogP contribution < -0.4 is 16.2 Å².